The highest BCUT2D eigenvalue weighted by Crippen LogP contribution is 2.44. The van der Waals surface area contributed by atoms with Crippen LogP contribution in [0.2, 0.25) is 0 Å². The van der Waals surface area contributed by atoms with E-state index in [1.165, 1.54) is 6.20 Å². The molecule has 10 atom stereocenters. The number of fused-ring (bicyclic) bond motifs is 1. The number of rotatable bonds is 15. The highest BCUT2D eigenvalue weighted by Gasteiger charge is 2.62. The molecule has 59 heavy (non-hydrogen) atoms. The van der Waals surface area contributed by atoms with Crippen molar-refractivity contribution in [3.63, 3.8) is 0 Å². The lowest BCUT2D eigenvalue weighted by Crippen LogP contribution is -2.66. The number of esters is 6. The smallest absolute Gasteiger partial charge is 0.367 e. The fraction of sp³-hybridized carbons (Fsp3) is 0.579. The van der Waals surface area contributed by atoms with Crippen LogP contribution in [0.1, 0.15) is 66.7 Å². The van der Waals surface area contributed by atoms with E-state index in [0.29, 0.717) is 5.56 Å². The van der Waals surface area contributed by atoms with Gasteiger partial charge in [0.15, 0.2) is 30.3 Å². The van der Waals surface area contributed by atoms with Crippen LogP contribution in [0.15, 0.2) is 52.2 Å². The Bertz CT molecular complexity index is 2000. The Balaban J connectivity index is 1.61. The van der Waals surface area contributed by atoms with Crippen molar-refractivity contribution in [1.82, 2.24) is 9.55 Å². The summed E-state index contributed by atoms with van der Waals surface area (Å²) in [7, 11) is 0. The molecule has 0 unspecified atom stereocenters. The van der Waals surface area contributed by atoms with E-state index in [1.807, 2.05) is 0 Å². The molecular weight excluding hydrogens is 788 g/mol. The van der Waals surface area contributed by atoms with Gasteiger partial charge in [0.2, 0.25) is 0 Å². The Hall–Kier alpha value is -5.48. The number of aromatic amines is 1. The highest BCUT2D eigenvalue weighted by atomic mass is 16.8. The molecule has 2 aromatic rings. The first-order valence-corrected chi connectivity index (χ1v) is 18.4. The molecule has 0 amide bonds. The van der Waals surface area contributed by atoms with E-state index in [4.69, 9.17) is 52.1 Å². The van der Waals surface area contributed by atoms with Crippen molar-refractivity contribution in [3.05, 3.63) is 69.0 Å². The standard InChI is InChI=1S/C38H46N2O19/c1-19(41)49-17-26(53-21(3)43)30(55-23(5)45)32-29(54-22(4)44)25(52-20(2)42)15-38(59-32,35(47)50-16-24-11-9-8-10-12-24)51-18-27-31-33(58-37(6,7)57-31)34(56-27)40-14-13-28(46)39-36(40)48/h8-14,25-27,29-34H,15-18H2,1-7H3,(H,39,46,48)/t25-,26+,27+,29+,30-,31+,32+,33+,34+,38-/m0/s1. The van der Waals surface area contributed by atoms with Gasteiger partial charge < -0.3 is 52.1 Å². The van der Waals surface area contributed by atoms with Gasteiger partial charge in [0.1, 0.15) is 43.7 Å². The van der Waals surface area contributed by atoms with Crippen LogP contribution in [0.5, 0.6) is 0 Å². The van der Waals surface area contributed by atoms with E-state index in [2.05, 4.69) is 4.98 Å². The Kier molecular flexibility index (Phi) is 14.1. The van der Waals surface area contributed by atoms with Gasteiger partial charge in [-0.25, -0.2) is 9.59 Å². The lowest BCUT2D eigenvalue weighted by molar-refractivity contribution is -0.336. The molecule has 1 aromatic carbocycles. The first-order valence-electron chi connectivity index (χ1n) is 18.4. The molecule has 4 heterocycles. The van der Waals surface area contributed by atoms with Gasteiger partial charge in [-0.15, -0.1) is 0 Å². The molecule has 21 heteroatoms. The van der Waals surface area contributed by atoms with E-state index < -0.39 is 133 Å². The molecule has 0 spiro atoms. The Morgan fingerprint density at radius 3 is 2.08 bits per heavy atom. The van der Waals surface area contributed by atoms with Gasteiger partial charge in [0.25, 0.3) is 11.3 Å². The maximum Gasteiger partial charge on any atom is 0.367 e. The van der Waals surface area contributed by atoms with Gasteiger partial charge in [-0.1, -0.05) is 30.3 Å². The monoisotopic (exact) mass is 834 g/mol. The second kappa shape index (κ2) is 18.6. The molecule has 1 aromatic heterocycles. The van der Waals surface area contributed by atoms with Crippen molar-refractivity contribution in [2.75, 3.05) is 13.2 Å². The van der Waals surface area contributed by atoms with Crippen LogP contribution in [0.3, 0.4) is 0 Å². The molecule has 0 bridgehead atoms. The Morgan fingerprint density at radius 1 is 0.814 bits per heavy atom. The van der Waals surface area contributed by atoms with Crippen molar-refractivity contribution >= 4 is 35.8 Å². The van der Waals surface area contributed by atoms with E-state index >= 15 is 0 Å². The minimum Gasteiger partial charge on any atom is -0.462 e. The van der Waals surface area contributed by atoms with Crippen LogP contribution >= 0.6 is 0 Å². The maximum absolute atomic E-state index is 14.5. The molecular formula is C38H46N2O19. The molecule has 3 aliphatic heterocycles. The number of aromatic nitrogens is 2. The average molecular weight is 835 g/mol. The molecule has 3 aliphatic rings. The first-order chi connectivity index (χ1) is 27.8. The summed E-state index contributed by atoms with van der Waals surface area (Å²) in [6, 6.07) is 9.60. The molecule has 1 N–H and O–H groups in total. The third-order valence-corrected chi connectivity index (χ3v) is 9.12. The first kappa shape index (κ1) is 44.6. The summed E-state index contributed by atoms with van der Waals surface area (Å²) in [5.74, 6) is -9.61. The van der Waals surface area contributed by atoms with E-state index in [1.54, 1.807) is 44.2 Å². The average Bonchev–Trinajstić information content (AvgIpc) is 3.63. The minimum atomic E-state index is -2.64. The zero-order chi connectivity index (χ0) is 43.2. The Labute approximate surface area is 336 Å². The number of nitrogens with one attached hydrogen (secondary N) is 1. The highest BCUT2D eigenvalue weighted by molar-refractivity contribution is 5.78. The number of hydrogen-bond donors (Lipinski definition) is 1. The summed E-state index contributed by atoms with van der Waals surface area (Å²) in [5.41, 5.74) is -0.930. The summed E-state index contributed by atoms with van der Waals surface area (Å²) in [4.78, 5) is 104. The summed E-state index contributed by atoms with van der Waals surface area (Å²) in [5, 5.41) is 0. The maximum atomic E-state index is 14.5. The molecule has 3 saturated heterocycles. The summed E-state index contributed by atoms with van der Waals surface area (Å²) >= 11 is 0. The number of ether oxygens (including phenoxy) is 11. The SMILES string of the molecule is CC(=O)OC[C@@H](OC(C)=O)[C@H](OC(C)=O)[C@@H]1O[C@](OC[C@H]2O[C@@H](n3ccc(=O)[nH]c3=O)[C@@H]3OC(C)(C)O[C@@H]32)(C(=O)OCc2ccccc2)C[C@H](OC(C)=O)[C@H]1OC(C)=O. The van der Waals surface area contributed by atoms with Crippen molar-refractivity contribution in [2.24, 2.45) is 0 Å². The van der Waals surface area contributed by atoms with Gasteiger partial charge in [-0.3, -0.25) is 38.3 Å². The summed E-state index contributed by atoms with van der Waals surface area (Å²) < 4.78 is 65.4. The van der Waals surface area contributed by atoms with E-state index in [-0.39, 0.29) is 6.61 Å². The second-order valence-corrected chi connectivity index (χ2v) is 14.3. The van der Waals surface area contributed by atoms with Gasteiger partial charge >= 0.3 is 41.5 Å². The molecule has 0 aliphatic carbocycles. The Morgan fingerprint density at radius 2 is 1.47 bits per heavy atom. The van der Waals surface area contributed by atoms with Crippen LogP contribution in [0.25, 0.3) is 0 Å². The molecule has 21 nitrogen and oxygen atoms in total. The number of benzene rings is 1. The molecule has 322 valence electrons. The molecule has 5 rings (SSSR count). The third kappa shape index (κ3) is 11.2. The molecule has 0 saturated carbocycles. The van der Waals surface area contributed by atoms with Crippen molar-refractivity contribution < 1.29 is 80.9 Å². The quantitative estimate of drug-likeness (QED) is 0.189. The summed E-state index contributed by atoms with van der Waals surface area (Å²) in [6.07, 6.45) is -12.5. The normalized spacial score (nSPS) is 27.9. The van der Waals surface area contributed by atoms with E-state index in [0.717, 1.165) is 45.3 Å². The van der Waals surface area contributed by atoms with E-state index in [9.17, 15) is 38.4 Å². The van der Waals surface area contributed by atoms with Gasteiger partial charge in [0, 0.05) is 46.9 Å². The van der Waals surface area contributed by atoms with Crippen LogP contribution in [0.4, 0.5) is 0 Å². The fourth-order valence-corrected chi connectivity index (χ4v) is 6.97. The minimum absolute atomic E-state index is 0.326. The van der Waals surface area contributed by atoms with Crippen molar-refractivity contribution in [3.8, 4) is 0 Å². The number of hydrogen-bond acceptors (Lipinski definition) is 19. The lowest BCUT2D eigenvalue weighted by atomic mass is 9.89. The molecule has 0 radical (unpaired) electrons. The van der Waals surface area contributed by atoms with Crippen molar-refractivity contribution in [2.45, 2.75) is 128 Å². The fourth-order valence-electron chi connectivity index (χ4n) is 6.97. The number of H-pyrrole nitrogens is 1. The number of nitrogens with zero attached hydrogens (tertiary/aromatic N) is 1. The van der Waals surface area contributed by atoms with Gasteiger partial charge in [-0.05, 0) is 19.4 Å². The third-order valence-electron chi connectivity index (χ3n) is 9.12. The topological polar surface area (TPSA) is 259 Å². The zero-order valence-electron chi connectivity index (χ0n) is 33.3. The lowest BCUT2D eigenvalue weighted by Gasteiger charge is -2.48. The predicted octanol–water partition coefficient (Wildman–Crippen LogP) is 0.489. The largest absolute Gasteiger partial charge is 0.462 e. The zero-order valence-corrected chi connectivity index (χ0v) is 33.3. The number of carbonyl (C=O) groups is 6. The van der Waals surface area contributed by atoms with Gasteiger partial charge in [0.05, 0.1) is 13.0 Å². The van der Waals surface area contributed by atoms with Gasteiger partial charge in [-0.2, -0.15) is 0 Å². The van der Waals surface area contributed by atoms with Crippen LogP contribution in [0, 0.1) is 0 Å². The predicted molar refractivity (Wildman–Crippen MR) is 192 cm³/mol. The second-order valence-electron chi connectivity index (χ2n) is 14.3. The molecule has 3 fully saturated rings. The summed E-state index contributed by atoms with van der Waals surface area (Å²) in [6.45, 7) is 6.76. The van der Waals surface area contributed by atoms with Crippen LogP contribution < -0.4 is 11.2 Å². The van der Waals surface area contributed by atoms with Crippen molar-refractivity contribution in [1.29, 1.82) is 0 Å². The van der Waals surface area contributed by atoms with Crippen LogP contribution in [-0.2, 0) is 87.5 Å². The van der Waals surface area contributed by atoms with Crippen LogP contribution in [-0.4, -0.2) is 119 Å². The number of carbonyl (C=O) groups excluding carboxylic acids is 6.